The largest absolute Gasteiger partial charge is 0.493 e. The maximum Gasteiger partial charge on any atom is 0.337 e. The molecule has 3 N–H and O–H groups in total. The summed E-state index contributed by atoms with van der Waals surface area (Å²) < 4.78 is 23.8. The molecule has 0 unspecified atom stereocenters. The zero-order valence-electron chi connectivity index (χ0n) is 23.4. The van der Waals surface area contributed by atoms with Crippen LogP contribution in [0.4, 0.5) is 4.79 Å². The number of urea groups is 1. The summed E-state index contributed by atoms with van der Waals surface area (Å²) in [6.07, 6.45) is 1.50. The number of hydrazone groups is 1. The normalized spacial score (nSPS) is 14.5. The van der Waals surface area contributed by atoms with Crippen LogP contribution >= 0.6 is 38.5 Å². The Labute approximate surface area is 270 Å². The van der Waals surface area contributed by atoms with Gasteiger partial charge in [0.25, 0.3) is 5.91 Å². The fourth-order valence-corrected chi connectivity index (χ4v) is 4.99. The van der Waals surface area contributed by atoms with Crippen LogP contribution in [-0.4, -0.2) is 44.9 Å². The number of carbonyl (C=O) groups is 3. The molecule has 43 heavy (non-hydrogen) atoms. The Hall–Kier alpha value is -4.11. The molecular weight excluding hydrogens is 735 g/mol. The van der Waals surface area contributed by atoms with Crippen LogP contribution in [-0.2, 0) is 20.9 Å². The molecule has 0 saturated carbocycles. The lowest BCUT2D eigenvalue weighted by molar-refractivity contribution is -0.136. The smallest absolute Gasteiger partial charge is 0.337 e. The summed E-state index contributed by atoms with van der Waals surface area (Å²) in [4.78, 5) is 36.8. The molecule has 0 fully saturated rings. The third-order valence-corrected chi connectivity index (χ3v) is 7.56. The molecule has 1 heterocycles. The van der Waals surface area contributed by atoms with Gasteiger partial charge < -0.3 is 29.6 Å². The number of amides is 3. The third kappa shape index (κ3) is 8.47. The van der Waals surface area contributed by atoms with Gasteiger partial charge >= 0.3 is 12.0 Å². The zero-order valence-corrected chi connectivity index (χ0v) is 27.1. The number of hydrogen-bond acceptors (Lipinski definition) is 8. The Morgan fingerprint density at radius 1 is 1.02 bits per heavy atom. The SMILES string of the molecule is COC(=O)C1=C(C)NC(=O)N[C@H]1c1ccc(OCC(=O)N/N=C\c2ccc(OCc3ccc(I)cc3)c(Br)c2)c(OC)c1. The van der Waals surface area contributed by atoms with Gasteiger partial charge in [0, 0.05) is 9.27 Å². The highest BCUT2D eigenvalue weighted by molar-refractivity contribution is 14.1. The molecule has 1 atom stereocenters. The van der Waals surface area contributed by atoms with E-state index in [1.165, 1.54) is 20.4 Å². The van der Waals surface area contributed by atoms with Crippen LogP contribution in [0, 0.1) is 3.57 Å². The predicted octanol–water partition coefficient (Wildman–Crippen LogP) is 4.97. The standard InChI is InChI=1S/C30H28BrIN4O7/c1-17-27(29(38)41-3)28(35-30(39)34-17)20-7-11-24(25(13-20)40-2)43-16-26(37)36-33-14-19-6-10-23(22(31)12-19)42-15-18-4-8-21(32)9-5-18/h4-14,28H,15-16H2,1-3H3,(H,36,37)(H2,34,35,39)/b33-14-/t28-/m0/s1. The number of halogens is 2. The first-order valence-electron chi connectivity index (χ1n) is 12.8. The van der Waals surface area contributed by atoms with Gasteiger partial charge in [0.15, 0.2) is 18.1 Å². The first-order chi connectivity index (χ1) is 20.7. The van der Waals surface area contributed by atoms with Crippen molar-refractivity contribution in [2.24, 2.45) is 5.10 Å². The van der Waals surface area contributed by atoms with Gasteiger partial charge in [0.2, 0.25) is 0 Å². The van der Waals surface area contributed by atoms with Crippen molar-refractivity contribution in [2.45, 2.75) is 19.6 Å². The number of carbonyl (C=O) groups excluding carboxylic acids is 3. The molecule has 0 radical (unpaired) electrons. The van der Waals surface area contributed by atoms with E-state index >= 15 is 0 Å². The van der Waals surface area contributed by atoms with E-state index in [1.807, 2.05) is 42.5 Å². The van der Waals surface area contributed by atoms with Gasteiger partial charge in [0.1, 0.15) is 12.4 Å². The summed E-state index contributed by atoms with van der Waals surface area (Å²) in [5.74, 6) is 0.203. The Balaban J connectivity index is 1.32. The molecule has 3 aromatic rings. The van der Waals surface area contributed by atoms with Crippen molar-refractivity contribution < 1.29 is 33.3 Å². The minimum Gasteiger partial charge on any atom is -0.493 e. The molecule has 0 aromatic heterocycles. The van der Waals surface area contributed by atoms with E-state index in [1.54, 1.807) is 25.1 Å². The van der Waals surface area contributed by atoms with E-state index in [4.69, 9.17) is 18.9 Å². The van der Waals surface area contributed by atoms with E-state index in [0.717, 1.165) is 19.2 Å². The predicted molar refractivity (Wildman–Crippen MR) is 171 cm³/mol. The van der Waals surface area contributed by atoms with Crippen LogP contribution in [0.5, 0.6) is 17.2 Å². The molecule has 0 saturated heterocycles. The Morgan fingerprint density at radius 3 is 2.47 bits per heavy atom. The van der Waals surface area contributed by atoms with Crippen molar-refractivity contribution in [2.75, 3.05) is 20.8 Å². The molecular formula is C30H28BrIN4O7. The summed E-state index contributed by atoms with van der Waals surface area (Å²) in [6, 6.07) is 17.2. The van der Waals surface area contributed by atoms with Crippen molar-refractivity contribution in [1.82, 2.24) is 16.1 Å². The molecule has 0 aliphatic carbocycles. The maximum atomic E-state index is 12.4. The number of allylic oxidation sites excluding steroid dienone is 1. The number of nitrogens with zero attached hydrogens (tertiary/aromatic N) is 1. The summed E-state index contributed by atoms with van der Waals surface area (Å²) >= 11 is 5.77. The Bertz CT molecular complexity index is 1580. The van der Waals surface area contributed by atoms with Crippen LogP contribution in [0.3, 0.4) is 0 Å². The van der Waals surface area contributed by atoms with Crippen LogP contribution in [0.2, 0.25) is 0 Å². The number of hydrogen-bond donors (Lipinski definition) is 3. The first-order valence-corrected chi connectivity index (χ1v) is 14.7. The number of ether oxygens (including phenoxy) is 4. The molecule has 3 aromatic carbocycles. The zero-order chi connectivity index (χ0) is 30.9. The van der Waals surface area contributed by atoms with E-state index in [-0.39, 0.29) is 17.9 Å². The van der Waals surface area contributed by atoms with Gasteiger partial charge in [-0.15, -0.1) is 0 Å². The fourth-order valence-electron chi connectivity index (χ4n) is 4.12. The number of nitrogens with one attached hydrogen (secondary N) is 3. The van der Waals surface area contributed by atoms with Gasteiger partial charge in [-0.2, -0.15) is 5.10 Å². The molecule has 0 bridgehead atoms. The summed E-state index contributed by atoms with van der Waals surface area (Å²) in [5, 5.41) is 9.28. The molecule has 1 aliphatic heterocycles. The van der Waals surface area contributed by atoms with Crippen molar-refractivity contribution in [1.29, 1.82) is 0 Å². The van der Waals surface area contributed by atoms with Crippen LogP contribution in [0.25, 0.3) is 0 Å². The molecule has 1 aliphatic rings. The van der Waals surface area contributed by atoms with Crippen LogP contribution in [0.1, 0.15) is 29.7 Å². The third-order valence-electron chi connectivity index (χ3n) is 6.22. The lowest BCUT2D eigenvalue weighted by Gasteiger charge is -2.28. The van der Waals surface area contributed by atoms with E-state index in [9.17, 15) is 14.4 Å². The fraction of sp³-hybridized carbons (Fsp3) is 0.200. The van der Waals surface area contributed by atoms with Crippen molar-refractivity contribution in [3.8, 4) is 17.2 Å². The number of rotatable bonds is 11. The van der Waals surface area contributed by atoms with E-state index < -0.39 is 23.9 Å². The van der Waals surface area contributed by atoms with E-state index in [2.05, 4.69) is 59.7 Å². The molecule has 3 amide bonds. The summed E-state index contributed by atoms with van der Waals surface area (Å²) in [7, 11) is 2.71. The second kappa shape index (κ2) is 14.9. The summed E-state index contributed by atoms with van der Waals surface area (Å²) in [6.45, 7) is 1.72. The number of methoxy groups -OCH3 is 2. The van der Waals surface area contributed by atoms with Crippen LogP contribution in [0.15, 0.2) is 81.5 Å². The quantitative estimate of drug-likeness (QED) is 0.109. The molecule has 13 heteroatoms. The lowest BCUT2D eigenvalue weighted by Crippen LogP contribution is -2.45. The number of esters is 1. The van der Waals surface area contributed by atoms with Crippen molar-refractivity contribution >= 4 is 62.6 Å². The Morgan fingerprint density at radius 2 is 1.77 bits per heavy atom. The minimum atomic E-state index is -0.768. The van der Waals surface area contributed by atoms with Gasteiger partial charge in [-0.1, -0.05) is 18.2 Å². The molecule has 11 nitrogen and oxygen atoms in total. The second-order valence-corrected chi connectivity index (χ2v) is 11.3. The summed E-state index contributed by atoms with van der Waals surface area (Å²) in [5.41, 5.74) is 5.43. The van der Waals surface area contributed by atoms with Crippen molar-refractivity contribution in [3.05, 3.63) is 96.7 Å². The monoisotopic (exact) mass is 762 g/mol. The molecule has 4 rings (SSSR count). The second-order valence-electron chi connectivity index (χ2n) is 9.16. The van der Waals surface area contributed by atoms with Crippen LogP contribution < -0.4 is 30.3 Å². The van der Waals surface area contributed by atoms with Gasteiger partial charge in [-0.3, -0.25) is 4.79 Å². The molecule has 0 spiro atoms. The van der Waals surface area contributed by atoms with Gasteiger partial charge in [-0.05, 0) is 105 Å². The Kier molecular flexibility index (Phi) is 11.0. The number of benzene rings is 3. The lowest BCUT2D eigenvalue weighted by atomic mass is 9.95. The average molecular weight is 763 g/mol. The van der Waals surface area contributed by atoms with Gasteiger partial charge in [-0.25, -0.2) is 15.0 Å². The van der Waals surface area contributed by atoms with Crippen molar-refractivity contribution in [3.63, 3.8) is 0 Å². The highest BCUT2D eigenvalue weighted by Crippen LogP contribution is 2.34. The average Bonchev–Trinajstić information content (AvgIpc) is 2.99. The minimum absolute atomic E-state index is 0.256. The molecule has 224 valence electrons. The topological polar surface area (TPSA) is 137 Å². The maximum absolute atomic E-state index is 12.4. The van der Waals surface area contributed by atoms with E-state index in [0.29, 0.717) is 29.4 Å². The first kappa shape index (κ1) is 31.8. The highest BCUT2D eigenvalue weighted by atomic mass is 127. The highest BCUT2D eigenvalue weighted by Gasteiger charge is 2.32. The van der Waals surface area contributed by atoms with Gasteiger partial charge in [0.05, 0.1) is 36.5 Å².